The van der Waals surface area contributed by atoms with Gasteiger partial charge in [0.15, 0.2) is 0 Å². The molecule has 142 valence electrons. The van der Waals surface area contributed by atoms with E-state index < -0.39 is 0 Å². The minimum Gasteiger partial charge on any atom is -0.367 e. The summed E-state index contributed by atoms with van der Waals surface area (Å²) >= 11 is 0. The molecular formula is C22H32N2O2. The van der Waals surface area contributed by atoms with Crippen molar-refractivity contribution in [1.82, 2.24) is 9.80 Å². The van der Waals surface area contributed by atoms with Crippen molar-refractivity contribution in [3.63, 3.8) is 0 Å². The summed E-state index contributed by atoms with van der Waals surface area (Å²) in [6.07, 6.45) is 9.10. The van der Waals surface area contributed by atoms with E-state index in [0.717, 1.165) is 13.1 Å². The molecule has 2 saturated carbocycles. The van der Waals surface area contributed by atoms with Crippen LogP contribution in [0, 0.1) is 5.92 Å². The third-order valence-electron chi connectivity index (χ3n) is 6.40. The van der Waals surface area contributed by atoms with Crippen LogP contribution in [-0.4, -0.2) is 54.5 Å². The van der Waals surface area contributed by atoms with Gasteiger partial charge in [-0.2, -0.15) is 0 Å². The largest absolute Gasteiger partial charge is 0.367 e. The van der Waals surface area contributed by atoms with Crippen molar-refractivity contribution in [3.05, 3.63) is 35.9 Å². The Hall–Kier alpha value is -1.39. The Morgan fingerprint density at radius 1 is 1.08 bits per heavy atom. The summed E-state index contributed by atoms with van der Waals surface area (Å²) in [6.45, 7) is 2.25. The van der Waals surface area contributed by atoms with Crippen molar-refractivity contribution >= 4 is 5.91 Å². The lowest BCUT2D eigenvalue weighted by atomic mass is 9.94. The molecule has 26 heavy (non-hydrogen) atoms. The summed E-state index contributed by atoms with van der Waals surface area (Å²) in [5.74, 6) is 0.968. The molecule has 1 amide bonds. The Kier molecular flexibility index (Phi) is 5.60. The van der Waals surface area contributed by atoms with Crippen LogP contribution in [0.25, 0.3) is 0 Å². The number of nitrogens with zero attached hydrogens (tertiary/aromatic N) is 2. The van der Waals surface area contributed by atoms with Gasteiger partial charge in [0, 0.05) is 26.2 Å². The maximum absolute atomic E-state index is 12.9. The van der Waals surface area contributed by atoms with Crippen molar-refractivity contribution < 1.29 is 9.53 Å². The molecule has 0 aromatic heterocycles. The van der Waals surface area contributed by atoms with Crippen molar-refractivity contribution in [2.45, 2.75) is 63.2 Å². The number of likely N-dealkylation sites (N-methyl/N-ethyl adjacent to an activating group) is 1. The first-order valence-corrected chi connectivity index (χ1v) is 10.4. The number of benzene rings is 1. The lowest BCUT2D eigenvalue weighted by Crippen LogP contribution is -2.50. The zero-order valence-corrected chi connectivity index (χ0v) is 16.0. The van der Waals surface area contributed by atoms with Crippen LogP contribution in [0.15, 0.2) is 30.3 Å². The number of hydrogen-bond acceptors (Lipinski definition) is 3. The van der Waals surface area contributed by atoms with Crippen LogP contribution in [0.4, 0.5) is 0 Å². The number of carbonyl (C=O) groups excluding carboxylic acids is 1. The summed E-state index contributed by atoms with van der Waals surface area (Å²) in [6, 6.07) is 10.9. The van der Waals surface area contributed by atoms with Crippen LogP contribution >= 0.6 is 0 Å². The van der Waals surface area contributed by atoms with E-state index in [2.05, 4.69) is 29.2 Å². The van der Waals surface area contributed by atoms with Crippen LogP contribution in [-0.2, 0) is 9.53 Å². The molecule has 2 atom stereocenters. The van der Waals surface area contributed by atoms with Crippen LogP contribution in [0.5, 0.6) is 0 Å². The number of carbonyl (C=O) groups is 1. The Bertz CT molecular complexity index is 595. The Morgan fingerprint density at radius 2 is 1.81 bits per heavy atom. The van der Waals surface area contributed by atoms with Gasteiger partial charge in [-0.1, -0.05) is 49.6 Å². The molecule has 1 saturated heterocycles. The van der Waals surface area contributed by atoms with Crippen LogP contribution < -0.4 is 0 Å². The van der Waals surface area contributed by atoms with Gasteiger partial charge in [-0.3, -0.25) is 9.69 Å². The highest BCUT2D eigenvalue weighted by atomic mass is 16.5. The molecule has 0 unspecified atom stereocenters. The summed E-state index contributed by atoms with van der Waals surface area (Å²) in [5.41, 5.74) is 1.23. The summed E-state index contributed by atoms with van der Waals surface area (Å²) in [5, 5.41) is 0. The predicted molar refractivity (Wildman–Crippen MR) is 103 cm³/mol. The predicted octanol–water partition coefficient (Wildman–Crippen LogP) is 3.63. The lowest BCUT2D eigenvalue weighted by Gasteiger charge is -2.39. The van der Waals surface area contributed by atoms with Gasteiger partial charge >= 0.3 is 0 Å². The monoisotopic (exact) mass is 356 g/mol. The van der Waals surface area contributed by atoms with E-state index >= 15 is 0 Å². The Labute approximate surface area is 157 Å². The molecule has 0 bridgehead atoms. The average Bonchev–Trinajstić information content (AvgIpc) is 3.54. The van der Waals surface area contributed by atoms with Crippen molar-refractivity contribution in [2.24, 2.45) is 5.92 Å². The fourth-order valence-electron chi connectivity index (χ4n) is 4.54. The fraction of sp³-hybridized carbons (Fsp3) is 0.682. The molecule has 1 aromatic carbocycles. The first kappa shape index (κ1) is 18.0. The maximum Gasteiger partial charge on any atom is 0.236 e. The molecule has 0 spiro atoms. The van der Waals surface area contributed by atoms with Crippen LogP contribution in [0.1, 0.15) is 56.6 Å². The summed E-state index contributed by atoms with van der Waals surface area (Å²) in [7, 11) is 2.01. The highest BCUT2D eigenvalue weighted by Gasteiger charge is 2.39. The molecule has 1 heterocycles. The highest BCUT2D eigenvalue weighted by molar-refractivity contribution is 5.78. The number of morpholine rings is 1. The smallest absolute Gasteiger partial charge is 0.236 e. The minimum absolute atomic E-state index is 0.0864. The molecule has 0 N–H and O–H groups in total. The number of ether oxygens (including phenoxy) is 1. The topological polar surface area (TPSA) is 32.8 Å². The number of amides is 1. The van der Waals surface area contributed by atoms with Crippen LogP contribution in [0.2, 0.25) is 0 Å². The van der Waals surface area contributed by atoms with E-state index in [-0.39, 0.29) is 18.1 Å². The average molecular weight is 357 g/mol. The molecule has 3 aliphatic rings. The number of hydrogen-bond donors (Lipinski definition) is 0. The van der Waals surface area contributed by atoms with Crippen LogP contribution in [0.3, 0.4) is 0 Å². The zero-order valence-electron chi connectivity index (χ0n) is 16.0. The van der Waals surface area contributed by atoms with Gasteiger partial charge in [-0.15, -0.1) is 0 Å². The molecular weight excluding hydrogens is 324 g/mol. The summed E-state index contributed by atoms with van der Waals surface area (Å²) < 4.78 is 6.42. The van der Waals surface area contributed by atoms with Gasteiger partial charge in [0.2, 0.25) is 5.91 Å². The van der Waals surface area contributed by atoms with Gasteiger partial charge in [0.25, 0.3) is 0 Å². The van der Waals surface area contributed by atoms with Crippen molar-refractivity contribution in [2.75, 3.05) is 26.7 Å². The van der Waals surface area contributed by atoms with E-state index in [4.69, 9.17) is 4.74 Å². The third-order valence-corrected chi connectivity index (χ3v) is 6.40. The first-order valence-electron chi connectivity index (χ1n) is 10.4. The second-order valence-corrected chi connectivity index (χ2v) is 8.40. The molecule has 4 rings (SSSR count). The van der Waals surface area contributed by atoms with Crippen molar-refractivity contribution in [1.29, 1.82) is 0 Å². The van der Waals surface area contributed by atoms with E-state index in [1.807, 2.05) is 18.0 Å². The third kappa shape index (κ3) is 4.29. The van der Waals surface area contributed by atoms with E-state index in [0.29, 0.717) is 18.5 Å². The van der Waals surface area contributed by atoms with E-state index in [1.165, 1.54) is 50.5 Å². The van der Waals surface area contributed by atoms with Gasteiger partial charge in [0.05, 0.1) is 18.8 Å². The second kappa shape index (κ2) is 8.10. The quantitative estimate of drug-likeness (QED) is 0.808. The molecule has 1 aromatic rings. The van der Waals surface area contributed by atoms with Gasteiger partial charge in [0.1, 0.15) is 0 Å². The summed E-state index contributed by atoms with van der Waals surface area (Å²) in [4.78, 5) is 17.3. The van der Waals surface area contributed by atoms with Crippen molar-refractivity contribution in [3.8, 4) is 0 Å². The molecule has 3 fully saturated rings. The number of rotatable bonds is 5. The molecule has 2 aliphatic carbocycles. The standard InChI is InChI=1S/C22H32N2O2/c1-23(19-10-6-3-7-11-19)22(25)16-24-14-20(17-8-4-2-5-9-17)26-21(15-24)18-12-13-18/h2,4-5,8-9,18-21H,3,6-7,10-16H2,1H3/t20-,21+/m0/s1. The van der Waals surface area contributed by atoms with E-state index in [9.17, 15) is 4.79 Å². The normalized spacial score (nSPS) is 28.0. The molecule has 4 heteroatoms. The zero-order chi connectivity index (χ0) is 17.9. The fourth-order valence-corrected chi connectivity index (χ4v) is 4.54. The van der Waals surface area contributed by atoms with Gasteiger partial charge < -0.3 is 9.64 Å². The Morgan fingerprint density at radius 3 is 2.50 bits per heavy atom. The van der Waals surface area contributed by atoms with Gasteiger partial charge in [-0.05, 0) is 37.2 Å². The highest BCUT2D eigenvalue weighted by Crippen LogP contribution is 2.39. The maximum atomic E-state index is 12.9. The lowest BCUT2D eigenvalue weighted by molar-refractivity contribution is -0.139. The van der Waals surface area contributed by atoms with E-state index in [1.54, 1.807) is 0 Å². The van der Waals surface area contributed by atoms with Gasteiger partial charge in [-0.25, -0.2) is 0 Å². The minimum atomic E-state index is 0.0864. The molecule has 0 radical (unpaired) electrons. The first-order chi connectivity index (χ1) is 12.7. The molecule has 4 nitrogen and oxygen atoms in total. The molecule has 1 aliphatic heterocycles. The second-order valence-electron chi connectivity index (χ2n) is 8.40. The Balaban J connectivity index is 1.40. The SMILES string of the molecule is CN(C(=O)CN1C[C@@H](c2ccccc2)O[C@@H](C2CC2)C1)C1CCCCC1.